The number of amides is 1. The van der Waals surface area contributed by atoms with Crippen LogP contribution in [0.5, 0.6) is 0 Å². The van der Waals surface area contributed by atoms with Gasteiger partial charge in [-0.3, -0.25) is 14.6 Å². The number of aryl methyl sites for hydroxylation is 1. The van der Waals surface area contributed by atoms with Crippen LogP contribution >= 0.6 is 0 Å². The molecule has 8 heteroatoms. The van der Waals surface area contributed by atoms with E-state index in [2.05, 4.69) is 27.0 Å². The minimum atomic E-state index is -0.0751. The number of aromatic nitrogens is 2. The zero-order valence-electron chi connectivity index (χ0n) is 14.8. The Morgan fingerprint density at radius 1 is 1.38 bits per heavy atom. The largest absolute Gasteiger partial charge is 0.378 e. The topological polar surface area (TPSA) is 74.9 Å². The molecule has 0 aliphatic carbocycles. The molecule has 134 valence electrons. The molecule has 1 aromatic heterocycles. The Kier molecular flexibility index (Phi) is 5.47. The van der Waals surface area contributed by atoms with Gasteiger partial charge in [0.15, 0.2) is 5.82 Å². The first kappa shape index (κ1) is 17.3. The van der Waals surface area contributed by atoms with Gasteiger partial charge < -0.3 is 14.2 Å². The van der Waals surface area contributed by atoms with E-state index < -0.39 is 0 Å². The van der Waals surface area contributed by atoms with Crippen LogP contribution < -0.4 is 0 Å². The second-order valence-electron chi connectivity index (χ2n) is 6.70. The maximum Gasteiger partial charge on any atom is 0.239 e. The summed E-state index contributed by atoms with van der Waals surface area (Å²) in [6.45, 7) is 9.02. The van der Waals surface area contributed by atoms with Crippen molar-refractivity contribution in [3.63, 3.8) is 0 Å². The van der Waals surface area contributed by atoms with Crippen molar-refractivity contribution in [2.24, 2.45) is 0 Å². The summed E-state index contributed by atoms with van der Waals surface area (Å²) in [5, 5.41) is 3.96. The van der Waals surface area contributed by atoms with Gasteiger partial charge in [-0.2, -0.15) is 4.98 Å². The van der Waals surface area contributed by atoms with Gasteiger partial charge in [0.1, 0.15) is 0 Å². The van der Waals surface area contributed by atoms with Crippen molar-refractivity contribution in [2.45, 2.75) is 38.9 Å². The number of rotatable bonds is 5. The molecule has 2 saturated heterocycles. The summed E-state index contributed by atoms with van der Waals surface area (Å²) < 4.78 is 10.4. The molecule has 8 nitrogen and oxygen atoms in total. The number of carbonyl (C=O) groups excluding carboxylic acids is 1. The van der Waals surface area contributed by atoms with Crippen LogP contribution in [0.2, 0.25) is 0 Å². The molecule has 2 aliphatic heterocycles. The van der Waals surface area contributed by atoms with E-state index in [0.717, 1.165) is 19.5 Å². The third kappa shape index (κ3) is 3.93. The Morgan fingerprint density at radius 3 is 2.79 bits per heavy atom. The average Bonchev–Trinajstić information content (AvgIpc) is 3.23. The molecule has 3 heterocycles. The van der Waals surface area contributed by atoms with Gasteiger partial charge in [0.25, 0.3) is 0 Å². The third-order valence-corrected chi connectivity index (χ3v) is 5.01. The molecular formula is C16H27N5O3. The maximum absolute atomic E-state index is 12.6. The van der Waals surface area contributed by atoms with Gasteiger partial charge in [-0.25, -0.2) is 0 Å². The molecule has 0 saturated carbocycles. The predicted octanol–water partition coefficient (Wildman–Crippen LogP) is 0.131. The maximum atomic E-state index is 12.6. The smallest absolute Gasteiger partial charge is 0.239 e. The van der Waals surface area contributed by atoms with E-state index in [1.165, 1.54) is 0 Å². The van der Waals surface area contributed by atoms with Crippen molar-refractivity contribution in [1.82, 2.24) is 24.8 Å². The minimum absolute atomic E-state index is 0.0751. The van der Waals surface area contributed by atoms with E-state index >= 15 is 0 Å². The first-order chi connectivity index (χ1) is 11.5. The lowest BCUT2D eigenvalue weighted by Gasteiger charge is -2.33. The fraction of sp³-hybridized carbons (Fsp3) is 0.812. The average molecular weight is 337 g/mol. The van der Waals surface area contributed by atoms with E-state index in [-0.39, 0.29) is 11.9 Å². The van der Waals surface area contributed by atoms with Crippen LogP contribution in [0.3, 0.4) is 0 Å². The van der Waals surface area contributed by atoms with Crippen LogP contribution in [0.25, 0.3) is 0 Å². The summed E-state index contributed by atoms with van der Waals surface area (Å²) in [4.78, 5) is 23.3. The highest BCUT2D eigenvalue weighted by atomic mass is 16.5. The third-order valence-electron chi connectivity index (χ3n) is 5.01. The van der Waals surface area contributed by atoms with Gasteiger partial charge in [-0.15, -0.1) is 0 Å². The zero-order chi connectivity index (χ0) is 17.1. The van der Waals surface area contributed by atoms with Gasteiger partial charge in [0.05, 0.1) is 25.8 Å². The molecule has 2 atom stereocenters. The van der Waals surface area contributed by atoms with E-state index in [9.17, 15) is 4.79 Å². The summed E-state index contributed by atoms with van der Waals surface area (Å²) in [7, 11) is 2.08. The summed E-state index contributed by atoms with van der Waals surface area (Å²) >= 11 is 0. The minimum Gasteiger partial charge on any atom is -0.378 e. The molecule has 1 amide bonds. The van der Waals surface area contributed by atoms with Crippen molar-refractivity contribution in [1.29, 1.82) is 0 Å². The lowest BCUT2D eigenvalue weighted by molar-refractivity contribution is -0.140. The number of likely N-dealkylation sites (tertiary alicyclic amines) is 1. The van der Waals surface area contributed by atoms with Crippen LogP contribution in [0, 0.1) is 6.92 Å². The van der Waals surface area contributed by atoms with Crippen LogP contribution in [0.1, 0.15) is 25.1 Å². The quantitative estimate of drug-likeness (QED) is 0.756. The summed E-state index contributed by atoms with van der Waals surface area (Å²) in [6.07, 6.45) is 1.05. The van der Waals surface area contributed by atoms with Crippen molar-refractivity contribution in [3.05, 3.63) is 11.7 Å². The van der Waals surface area contributed by atoms with Crippen molar-refractivity contribution in [2.75, 3.05) is 46.4 Å². The molecule has 1 aromatic rings. The van der Waals surface area contributed by atoms with Gasteiger partial charge in [0, 0.05) is 39.1 Å². The zero-order valence-corrected chi connectivity index (χ0v) is 14.8. The lowest BCUT2D eigenvalue weighted by Crippen LogP contribution is -2.50. The fourth-order valence-corrected chi connectivity index (χ4v) is 3.44. The first-order valence-electron chi connectivity index (χ1n) is 8.64. The van der Waals surface area contributed by atoms with E-state index in [0.29, 0.717) is 50.6 Å². The SMILES string of the molecule is Cc1nc(CN(C)[C@@H]2CCN([C@H](C)C(=O)N3CCOCC3)C2)no1. The van der Waals surface area contributed by atoms with E-state index in [1.54, 1.807) is 6.92 Å². The highest BCUT2D eigenvalue weighted by Crippen LogP contribution is 2.19. The number of morpholine rings is 1. The number of hydrogen-bond donors (Lipinski definition) is 0. The summed E-state index contributed by atoms with van der Waals surface area (Å²) in [5.74, 6) is 1.53. The van der Waals surface area contributed by atoms with Gasteiger partial charge in [-0.1, -0.05) is 5.16 Å². The molecule has 0 spiro atoms. The Bertz CT molecular complexity index is 558. The molecule has 24 heavy (non-hydrogen) atoms. The second kappa shape index (κ2) is 7.58. The Morgan fingerprint density at radius 2 is 2.12 bits per heavy atom. The van der Waals surface area contributed by atoms with E-state index in [1.807, 2.05) is 11.8 Å². The summed E-state index contributed by atoms with van der Waals surface area (Å²) in [6, 6.07) is 0.331. The number of nitrogens with zero attached hydrogens (tertiary/aromatic N) is 5. The number of ether oxygens (including phenoxy) is 1. The highest BCUT2D eigenvalue weighted by molar-refractivity contribution is 5.81. The predicted molar refractivity (Wildman–Crippen MR) is 87.3 cm³/mol. The molecular weight excluding hydrogens is 310 g/mol. The fourth-order valence-electron chi connectivity index (χ4n) is 3.44. The van der Waals surface area contributed by atoms with Gasteiger partial charge >= 0.3 is 0 Å². The molecule has 0 N–H and O–H groups in total. The molecule has 2 aliphatic rings. The Labute approximate surface area is 142 Å². The molecule has 0 radical (unpaired) electrons. The number of likely N-dealkylation sites (N-methyl/N-ethyl adjacent to an activating group) is 1. The highest BCUT2D eigenvalue weighted by Gasteiger charge is 2.34. The second-order valence-corrected chi connectivity index (χ2v) is 6.70. The number of hydrogen-bond acceptors (Lipinski definition) is 7. The molecule has 0 bridgehead atoms. The lowest BCUT2D eigenvalue weighted by atomic mass is 10.2. The van der Waals surface area contributed by atoms with E-state index in [4.69, 9.17) is 9.26 Å². The van der Waals surface area contributed by atoms with Crippen molar-refractivity contribution in [3.8, 4) is 0 Å². The molecule has 0 unspecified atom stereocenters. The number of carbonyl (C=O) groups is 1. The van der Waals surface area contributed by atoms with Crippen LogP contribution in [-0.2, 0) is 16.1 Å². The van der Waals surface area contributed by atoms with Crippen LogP contribution in [0.4, 0.5) is 0 Å². The normalized spacial score (nSPS) is 23.8. The van der Waals surface area contributed by atoms with Crippen LogP contribution in [0.15, 0.2) is 4.52 Å². The van der Waals surface area contributed by atoms with Crippen LogP contribution in [-0.4, -0.2) is 89.3 Å². The molecule has 2 fully saturated rings. The van der Waals surface area contributed by atoms with Gasteiger partial charge in [0.2, 0.25) is 11.8 Å². The first-order valence-corrected chi connectivity index (χ1v) is 8.64. The monoisotopic (exact) mass is 337 g/mol. The Hall–Kier alpha value is -1.51. The summed E-state index contributed by atoms with van der Waals surface area (Å²) in [5.41, 5.74) is 0. The van der Waals surface area contributed by atoms with Gasteiger partial charge in [-0.05, 0) is 20.4 Å². The molecule has 0 aromatic carbocycles. The van der Waals surface area contributed by atoms with Crippen molar-refractivity contribution >= 4 is 5.91 Å². The standard InChI is InChI=1S/C16H27N5O3/c1-12(16(22)20-6-8-23-9-7-20)21-5-4-14(10-21)19(3)11-15-17-13(2)24-18-15/h12,14H,4-11H2,1-3H3/t12-,14-/m1/s1. The Balaban J connectivity index is 1.51. The van der Waals surface area contributed by atoms with Crippen molar-refractivity contribution < 1.29 is 14.1 Å². The molecule has 3 rings (SSSR count).